The van der Waals surface area contributed by atoms with Crippen LogP contribution in [0.25, 0.3) is 27.3 Å². The van der Waals surface area contributed by atoms with Gasteiger partial charge in [0.25, 0.3) is 0 Å². The Balaban J connectivity index is 1.33. The molecule has 0 fully saturated rings. The summed E-state index contributed by atoms with van der Waals surface area (Å²) in [5.41, 5.74) is 4.48. The molecule has 0 unspecified atom stereocenters. The number of fused-ring (bicyclic) bond motifs is 5. The van der Waals surface area contributed by atoms with E-state index in [1.54, 1.807) is 11.8 Å². The lowest BCUT2D eigenvalue weighted by Gasteiger charge is -2.10. The molecule has 4 heterocycles. The summed E-state index contributed by atoms with van der Waals surface area (Å²) in [5.74, 6) is 2.63. The van der Waals surface area contributed by atoms with Crippen LogP contribution < -0.4 is 0 Å². The van der Waals surface area contributed by atoms with Crippen molar-refractivity contribution in [2.45, 2.75) is 56.9 Å². The van der Waals surface area contributed by atoms with E-state index in [1.807, 2.05) is 35.6 Å². The van der Waals surface area contributed by atoms with Crippen LogP contribution in [0.3, 0.4) is 0 Å². The molecule has 5 aromatic rings. The van der Waals surface area contributed by atoms with Crippen LogP contribution in [0, 0.1) is 6.92 Å². The summed E-state index contributed by atoms with van der Waals surface area (Å²) in [7, 11) is 0. The summed E-state index contributed by atoms with van der Waals surface area (Å²) in [6, 6.07) is 8.08. The Morgan fingerprint density at radius 3 is 2.75 bits per heavy atom. The molecule has 0 amide bonds. The Kier molecular flexibility index (Phi) is 4.95. The average Bonchev–Trinajstić information content (AvgIpc) is 3.54. The lowest BCUT2D eigenvalue weighted by molar-refractivity contribution is 0.528. The maximum atomic E-state index is 5.89. The third kappa shape index (κ3) is 3.31. The minimum Gasteiger partial charge on any atom is -0.420 e. The molecule has 1 aliphatic carbocycles. The Bertz CT molecular complexity index is 1430. The maximum Gasteiger partial charge on any atom is 0.247 e. The lowest BCUT2D eigenvalue weighted by atomic mass is 9.97. The molecule has 1 aliphatic rings. The van der Waals surface area contributed by atoms with Crippen molar-refractivity contribution in [1.29, 1.82) is 0 Å². The second kappa shape index (κ2) is 7.97. The van der Waals surface area contributed by atoms with Crippen molar-refractivity contribution in [3.8, 4) is 11.5 Å². The maximum absolute atomic E-state index is 5.89. The molecule has 0 atom stereocenters. The second-order valence-corrected chi connectivity index (χ2v) is 10.1. The van der Waals surface area contributed by atoms with Gasteiger partial charge in [-0.15, -0.1) is 31.7 Å². The van der Waals surface area contributed by atoms with Gasteiger partial charge in [0.1, 0.15) is 10.7 Å². The average molecular weight is 463 g/mol. The molecule has 0 aliphatic heterocycles. The number of thiophene rings is 1. The summed E-state index contributed by atoms with van der Waals surface area (Å²) < 4.78 is 8.01. The molecule has 1 aromatic carbocycles. The van der Waals surface area contributed by atoms with Crippen LogP contribution in [-0.2, 0) is 25.0 Å². The number of hydrogen-bond donors (Lipinski definition) is 0. The van der Waals surface area contributed by atoms with Crippen molar-refractivity contribution in [3.63, 3.8) is 0 Å². The van der Waals surface area contributed by atoms with Gasteiger partial charge in [-0.05, 0) is 50.3 Å². The first-order chi connectivity index (χ1) is 15.7. The number of aryl methyl sites for hydroxylation is 4. The van der Waals surface area contributed by atoms with E-state index in [2.05, 4.69) is 38.6 Å². The van der Waals surface area contributed by atoms with Gasteiger partial charge in [-0.3, -0.25) is 4.40 Å². The van der Waals surface area contributed by atoms with Crippen LogP contribution in [0.15, 0.2) is 33.8 Å². The Morgan fingerprint density at radius 1 is 1.06 bits per heavy atom. The summed E-state index contributed by atoms with van der Waals surface area (Å²) in [4.78, 5) is 7.58. The lowest BCUT2D eigenvalue weighted by Crippen LogP contribution is -2.03. The highest BCUT2D eigenvalue weighted by molar-refractivity contribution is 7.98. The number of thioether (sulfide) groups is 1. The van der Waals surface area contributed by atoms with Crippen LogP contribution in [-0.4, -0.2) is 29.8 Å². The predicted molar refractivity (Wildman–Crippen MR) is 126 cm³/mol. The highest BCUT2D eigenvalue weighted by Gasteiger charge is 2.23. The van der Waals surface area contributed by atoms with Crippen LogP contribution in [0.4, 0.5) is 0 Å². The molecule has 32 heavy (non-hydrogen) atoms. The fourth-order valence-corrected chi connectivity index (χ4v) is 6.34. The Labute approximate surface area is 193 Å². The smallest absolute Gasteiger partial charge is 0.247 e. The van der Waals surface area contributed by atoms with Crippen molar-refractivity contribution < 1.29 is 4.42 Å². The highest BCUT2D eigenvalue weighted by atomic mass is 32.2. The van der Waals surface area contributed by atoms with Gasteiger partial charge >= 0.3 is 0 Å². The Hall–Kier alpha value is -2.78. The highest BCUT2D eigenvalue weighted by Crippen LogP contribution is 2.38. The largest absolute Gasteiger partial charge is 0.420 e. The second-order valence-electron chi connectivity index (χ2n) is 8.07. The van der Waals surface area contributed by atoms with Crippen LogP contribution in [0.5, 0.6) is 0 Å². The first-order valence-corrected chi connectivity index (χ1v) is 12.7. The molecule has 162 valence electrons. The molecule has 0 N–H and O–H groups in total. The summed E-state index contributed by atoms with van der Waals surface area (Å²) in [6.45, 7) is 4.18. The number of rotatable bonds is 5. The molecule has 6 rings (SSSR count). The molecule has 0 spiro atoms. The van der Waals surface area contributed by atoms with E-state index < -0.39 is 0 Å². The van der Waals surface area contributed by atoms with E-state index >= 15 is 0 Å². The first kappa shape index (κ1) is 19.9. The molecule has 0 saturated carbocycles. The van der Waals surface area contributed by atoms with Crippen molar-refractivity contribution >= 4 is 39.0 Å². The molecule has 7 nitrogen and oxygen atoms in total. The fourth-order valence-electron chi connectivity index (χ4n) is 4.27. The van der Waals surface area contributed by atoms with Gasteiger partial charge in [-0.25, -0.2) is 4.98 Å². The molecule has 9 heteroatoms. The number of aromatic nitrogens is 6. The standard InChI is InChI=1S/C23H22N6OS2/c1-3-17-24-22-19(15-6-4-5-7-16(15)32-22)20-26-28-23(29(17)20)31-12-18-25-27-21(30-18)14-10-8-13(2)9-11-14/h8-11H,3-7,12H2,1-2H3. The van der Waals surface area contributed by atoms with Gasteiger partial charge in [0.15, 0.2) is 10.8 Å². The van der Waals surface area contributed by atoms with E-state index in [9.17, 15) is 0 Å². The minimum atomic E-state index is 0.530. The van der Waals surface area contributed by atoms with Crippen LogP contribution >= 0.6 is 23.1 Å². The third-order valence-electron chi connectivity index (χ3n) is 5.90. The van der Waals surface area contributed by atoms with Crippen molar-refractivity contribution in [1.82, 2.24) is 29.8 Å². The number of nitrogens with zero attached hydrogens (tertiary/aromatic N) is 6. The molecule has 0 radical (unpaired) electrons. The molecule has 0 saturated heterocycles. The van der Waals surface area contributed by atoms with Crippen LogP contribution in [0.1, 0.15) is 47.5 Å². The molecular formula is C23H22N6OS2. The van der Waals surface area contributed by atoms with E-state index in [1.165, 1.54) is 34.2 Å². The topological polar surface area (TPSA) is 82.0 Å². The molecular weight excluding hydrogens is 440 g/mol. The fraction of sp³-hybridized carbons (Fsp3) is 0.348. The van der Waals surface area contributed by atoms with Gasteiger partial charge in [-0.2, -0.15) is 0 Å². The van der Waals surface area contributed by atoms with Crippen LogP contribution in [0.2, 0.25) is 0 Å². The third-order valence-corrected chi connectivity index (χ3v) is 8.00. The van der Waals surface area contributed by atoms with E-state index in [0.717, 1.165) is 46.3 Å². The zero-order valence-electron chi connectivity index (χ0n) is 18.0. The van der Waals surface area contributed by atoms with Crippen molar-refractivity contribution in [3.05, 3.63) is 52.0 Å². The van der Waals surface area contributed by atoms with Gasteiger partial charge in [0.2, 0.25) is 11.8 Å². The normalized spacial score (nSPS) is 13.8. The predicted octanol–water partition coefficient (Wildman–Crippen LogP) is 5.43. The quantitative estimate of drug-likeness (QED) is 0.322. The summed E-state index contributed by atoms with van der Waals surface area (Å²) in [6.07, 6.45) is 5.58. The summed E-state index contributed by atoms with van der Waals surface area (Å²) in [5, 5.41) is 19.6. The minimum absolute atomic E-state index is 0.530. The van der Waals surface area contributed by atoms with Gasteiger partial charge in [0.05, 0.1) is 11.1 Å². The van der Waals surface area contributed by atoms with Gasteiger partial charge in [0, 0.05) is 16.9 Å². The van der Waals surface area contributed by atoms with Crippen molar-refractivity contribution in [2.24, 2.45) is 0 Å². The zero-order valence-corrected chi connectivity index (χ0v) is 19.6. The SMILES string of the molecule is CCc1nc2sc3c(c2c2nnc(SCc4nnc(-c5ccc(C)cc5)o4)n12)CCCC3. The van der Waals surface area contributed by atoms with Gasteiger partial charge in [-0.1, -0.05) is 36.4 Å². The van der Waals surface area contributed by atoms with Gasteiger partial charge < -0.3 is 4.42 Å². The van der Waals surface area contributed by atoms with Crippen molar-refractivity contribution in [2.75, 3.05) is 0 Å². The van der Waals surface area contributed by atoms with E-state index in [0.29, 0.717) is 17.5 Å². The van der Waals surface area contributed by atoms with E-state index in [-0.39, 0.29) is 0 Å². The monoisotopic (exact) mass is 462 g/mol. The number of benzene rings is 1. The Morgan fingerprint density at radius 2 is 1.91 bits per heavy atom. The first-order valence-electron chi connectivity index (χ1n) is 10.9. The zero-order chi connectivity index (χ0) is 21.7. The molecule has 4 aromatic heterocycles. The van der Waals surface area contributed by atoms with E-state index in [4.69, 9.17) is 9.40 Å². The molecule has 0 bridgehead atoms. The number of hydrogen-bond acceptors (Lipinski definition) is 8. The summed E-state index contributed by atoms with van der Waals surface area (Å²) >= 11 is 3.39.